The van der Waals surface area contributed by atoms with Gasteiger partial charge in [-0.25, -0.2) is 4.68 Å². The van der Waals surface area contributed by atoms with Crippen molar-refractivity contribution in [1.29, 1.82) is 0 Å². The van der Waals surface area contributed by atoms with Crippen LogP contribution in [0.1, 0.15) is 37.2 Å². The first kappa shape index (κ1) is 20.6. The van der Waals surface area contributed by atoms with Crippen molar-refractivity contribution < 1.29 is 9.72 Å². The highest BCUT2D eigenvalue weighted by Gasteiger charge is 2.27. The molecule has 0 atom stereocenters. The second kappa shape index (κ2) is 8.59. The van der Waals surface area contributed by atoms with E-state index in [0.29, 0.717) is 12.2 Å². The molecule has 3 N–H and O–H groups in total. The van der Waals surface area contributed by atoms with E-state index < -0.39 is 10.5 Å². The Hall–Kier alpha value is -2.45. The average molecular weight is 368 g/mol. The number of hydrogen-bond donors (Lipinski definition) is 2. The molecule has 0 fully saturated rings. The standard InChI is InChI=1S/C16H21N5O3.ClH/c1-3-16(4-2,11-17)18-15(22)14-8-9-20(19-14)12-6-5-7-13(10-12)21(23)24;/h5-10H,3-4,11,17H2,1-2H3,(H,18,22);1H. The molecule has 2 aromatic rings. The molecule has 0 aliphatic heterocycles. The van der Waals surface area contributed by atoms with E-state index in [-0.39, 0.29) is 29.7 Å². The second-order valence-corrected chi connectivity index (χ2v) is 5.57. The number of carbonyl (C=O) groups excluding carboxylic acids is 1. The van der Waals surface area contributed by atoms with Crippen molar-refractivity contribution >= 4 is 24.0 Å². The van der Waals surface area contributed by atoms with Crippen LogP contribution in [0.15, 0.2) is 36.5 Å². The molecule has 0 radical (unpaired) electrons. The molecule has 1 amide bonds. The summed E-state index contributed by atoms with van der Waals surface area (Å²) in [6.07, 6.45) is 3.03. The minimum absolute atomic E-state index is 0. The van der Waals surface area contributed by atoms with Gasteiger partial charge in [-0.15, -0.1) is 12.4 Å². The summed E-state index contributed by atoms with van der Waals surface area (Å²) in [5.74, 6) is -0.312. The minimum Gasteiger partial charge on any atom is -0.344 e. The summed E-state index contributed by atoms with van der Waals surface area (Å²) in [6, 6.07) is 7.63. The van der Waals surface area contributed by atoms with Crippen LogP contribution in [0.2, 0.25) is 0 Å². The van der Waals surface area contributed by atoms with E-state index in [0.717, 1.165) is 12.8 Å². The summed E-state index contributed by atoms with van der Waals surface area (Å²) in [7, 11) is 0. The number of nitrogens with zero attached hydrogens (tertiary/aromatic N) is 3. The molecule has 0 aliphatic carbocycles. The van der Waals surface area contributed by atoms with Crippen LogP contribution in [-0.2, 0) is 0 Å². The van der Waals surface area contributed by atoms with E-state index in [4.69, 9.17) is 5.73 Å². The number of non-ortho nitro benzene ring substituents is 1. The highest BCUT2D eigenvalue weighted by Crippen LogP contribution is 2.17. The molecule has 0 saturated carbocycles. The molecule has 0 bridgehead atoms. The van der Waals surface area contributed by atoms with E-state index >= 15 is 0 Å². The molecular weight excluding hydrogens is 346 g/mol. The lowest BCUT2D eigenvalue weighted by molar-refractivity contribution is -0.384. The van der Waals surface area contributed by atoms with E-state index in [2.05, 4.69) is 10.4 Å². The average Bonchev–Trinajstić information content (AvgIpc) is 3.10. The van der Waals surface area contributed by atoms with Crippen molar-refractivity contribution in [1.82, 2.24) is 15.1 Å². The van der Waals surface area contributed by atoms with Crippen LogP contribution >= 0.6 is 12.4 Å². The third kappa shape index (κ3) is 4.55. The molecule has 25 heavy (non-hydrogen) atoms. The van der Waals surface area contributed by atoms with Gasteiger partial charge in [-0.05, 0) is 25.0 Å². The topological polar surface area (TPSA) is 116 Å². The van der Waals surface area contributed by atoms with Crippen molar-refractivity contribution in [2.75, 3.05) is 6.54 Å². The van der Waals surface area contributed by atoms with Gasteiger partial charge in [0.2, 0.25) is 0 Å². The Morgan fingerprint density at radius 1 is 1.36 bits per heavy atom. The molecule has 0 saturated heterocycles. The first-order valence-electron chi connectivity index (χ1n) is 7.77. The zero-order chi connectivity index (χ0) is 17.7. The van der Waals surface area contributed by atoms with E-state index in [1.54, 1.807) is 24.4 Å². The van der Waals surface area contributed by atoms with Crippen LogP contribution in [-0.4, -0.2) is 32.7 Å². The fraction of sp³-hybridized carbons (Fsp3) is 0.375. The van der Waals surface area contributed by atoms with E-state index in [1.165, 1.54) is 16.8 Å². The lowest BCUT2D eigenvalue weighted by atomic mass is 9.93. The quantitative estimate of drug-likeness (QED) is 0.576. The maximum absolute atomic E-state index is 12.4. The summed E-state index contributed by atoms with van der Waals surface area (Å²) >= 11 is 0. The van der Waals surface area contributed by atoms with Crippen LogP contribution in [0.4, 0.5) is 5.69 Å². The molecule has 9 heteroatoms. The molecule has 1 aromatic carbocycles. The van der Waals surface area contributed by atoms with Gasteiger partial charge in [0.1, 0.15) is 0 Å². The minimum atomic E-state index is -0.473. The van der Waals surface area contributed by atoms with Crippen molar-refractivity contribution in [2.45, 2.75) is 32.2 Å². The first-order valence-corrected chi connectivity index (χ1v) is 7.77. The van der Waals surface area contributed by atoms with Crippen LogP contribution in [0, 0.1) is 10.1 Å². The van der Waals surface area contributed by atoms with Crippen LogP contribution < -0.4 is 11.1 Å². The number of carbonyl (C=O) groups is 1. The molecule has 0 unspecified atom stereocenters. The predicted molar refractivity (Wildman–Crippen MR) is 97.3 cm³/mol. The smallest absolute Gasteiger partial charge is 0.272 e. The van der Waals surface area contributed by atoms with Crippen molar-refractivity contribution in [3.63, 3.8) is 0 Å². The largest absolute Gasteiger partial charge is 0.344 e. The molecule has 8 nitrogen and oxygen atoms in total. The Balaban J connectivity index is 0.00000312. The van der Waals surface area contributed by atoms with Gasteiger partial charge in [-0.1, -0.05) is 19.9 Å². The molecule has 0 aliphatic rings. The number of aromatic nitrogens is 2. The Labute approximate surface area is 152 Å². The number of rotatable bonds is 7. The first-order chi connectivity index (χ1) is 11.4. The summed E-state index contributed by atoms with van der Waals surface area (Å²) in [5, 5.41) is 18.0. The molecule has 136 valence electrons. The van der Waals surface area contributed by atoms with Crippen LogP contribution in [0.25, 0.3) is 5.69 Å². The number of nitro benzene ring substituents is 1. The Morgan fingerprint density at radius 2 is 2.04 bits per heavy atom. The SMILES string of the molecule is CCC(CC)(CN)NC(=O)c1ccn(-c2cccc([N+](=O)[O-])c2)n1.Cl. The lowest BCUT2D eigenvalue weighted by Crippen LogP contribution is -2.53. The molecule has 0 spiro atoms. The molecule has 1 aromatic heterocycles. The van der Waals surface area contributed by atoms with Gasteiger partial charge >= 0.3 is 0 Å². The van der Waals surface area contributed by atoms with Crippen LogP contribution in [0.3, 0.4) is 0 Å². The monoisotopic (exact) mass is 367 g/mol. The summed E-state index contributed by atoms with van der Waals surface area (Å²) < 4.78 is 1.43. The number of nitrogens with one attached hydrogen (secondary N) is 1. The second-order valence-electron chi connectivity index (χ2n) is 5.57. The normalized spacial score (nSPS) is 10.8. The third-order valence-corrected chi connectivity index (χ3v) is 4.25. The van der Waals surface area contributed by atoms with Crippen molar-refractivity contribution in [2.24, 2.45) is 5.73 Å². The number of benzene rings is 1. The number of nitrogens with two attached hydrogens (primary N) is 1. The summed E-state index contributed by atoms with van der Waals surface area (Å²) in [4.78, 5) is 22.8. The Kier molecular flexibility index (Phi) is 7.08. The van der Waals surface area contributed by atoms with Gasteiger partial charge in [0.15, 0.2) is 5.69 Å². The molecule has 2 rings (SSSR count). The number of nitro groups is 1. The number of hydrogen-bond acceptors (Lipinski definition) is 5. The van der Waals surface area contributed by atoms with Gasteiger partial charge in [0.05, 0.1) is 16.1 Å². The lowest BCUT2D eigenvalue weighted by Gasteiger charge is -2.31. The van der Waals surface area contributed by atoms with Gasteiger partial charge in [-0.3, -0.25) is 14.9 Å². The van der Waals surface area contributed by atoms with E-state index in [9.17, 15) is 14.9 Å². The summed E-state index contributed by atoms with van der Waals surface area (Å²) in [6.45, 7) is 4.29. The maximum atomic E-state index is 12.4. The highest BCUT2D eigenvalue weighted by molar-refractivity contribution is 5.92. The number of halogens is 1. The van der Waals surface area contributed by atoms with Gasteiger partial charge in [-0.2, -0.15) is 5.10 Å². The molecular formula is C16H22ClN5O3. The fourth-order valence-corrected chi connectivity index (χ4v) is 2.41. The fourth-order valence-electron chi connectivity index (χ4n) is 2.41. The summed E-state index contributed by atoms with van der Waals surface area (Å²) in [5.41, 5.74) is 6.06. The van der Waals surface area contributed by atoms with Gasteiger partial charge in [0, 0.05) is 24.9 Å². The maximum Gasteiger partial charge on any atom is 0.272 e. The van der Waals surface area contributed by atoms with Crippen molar-refractivity contribution in [3.05, 3.63) is 52.3 Å². The zero-order valence-corrected chi connectivity index (χ0v) is 15.0. The Bertz CT molecular complexity index is 735. The van der Waals surface area contributed by atoms with Gasteiger partial charge in [0.25, 0.3) is 11.6 Å². The van der Waals surface area contributed by atoms with Crippen LogP contribution in [0.5, 0.6) is 0 Å². The van der Waals surface area contributed by atoms with E-state index in [1.807, 2.05) is 13.8 Å². The highest BCUT2D eigenvalue weighted by atomic mass is 35.5. The van der Waals surface area contributed by atoms with Gasteiger partial charge < -0.3 is 11.1 Å². The molecule has 1 heterocycles. The predicted octanol–water partition coefficient (Wildman–Crippen LogP) is 2.45. The Morgan fingerprint density at radius 3 is 2.60 bits per heavy atom. The zero-order valence-electron chi connectivity index (χ0n) is 14.1. The van der Waals surface area contributed by atoms with Crippen molar-refractivity contribution in [3.8, 4) is 5.69 Å². The third-order valence-electron chi connectivity index (χ3n) is 4.25. The number of amides is 1.